The summed E-state index contributed by atoms with van der Waals surface area (Å²) < 4.78 is 20.6. The summed E-state index contributed by atoms with van der Waals surface area (Å²) in [6.07, 6.45) is -18.0. The van der Waals surface area contributed by atoms with Gasteiger partial charge < -0.3 is 80.2 Å². The van der Waals surface area contributed by atoms with Crippen LogP contribution < -0.4 is 0 Å². The highest BCUT2D eigenvalue weighted by atomic mass is 16.8. The number of hydrogen-bond acceptors (Lipinski definition) is 18. The first-order valence-electron chi connectivity index (χ1n) is 13.3. The van der Waals surface area contributed by atoms with Gasteiger partial charge in [0.1, 0.15) is 65.9 Å². The van der Waals surface area contributed by atoms with Crippen LogP contribution in [0.25, 0.3) is 6.08 Å². The number of rotatable bonds is 8. The molecule has 4 rings (SSSR count). The second kappa shape index (κ2) is 13.5. The van der Waals surface area contributed by atoms with Crippen LogP contribution in [-0.4, -0.2) is 153 Å². The van der Waals surface area contributed by atoms with Crippen LogP contribution >= 0.6 is 0 Å². The molecule has 248 valence electrons. The van der Waals surface area contributed by atoms with Crippen LogP contribution in [-0.2, 0) is 28.5 Å². The molecule has 0 amide bonds. The Balaban J connectivity index is 1.79. The Hall–Kier alpha value is -3.50. The molecule has 0 bridgehead atoms. The largest absolute Gasteiger partial charge is 0.508 e. The van der Waals surface area contributed by atoms with Crippen molar-refractivity contribution < 1.29 is 89.8 Å². The summed E-state index contributed by atoms with van der Waals surface area (Å²) in [6, 6.07) is 5.34. The first-order valence-corrected chi connectivity index (χ1v) is 13.3. The molecule has 0 radical (unpaired) electrons. The van der Waals surface area contributed by atoms with Crippen LogP contribution in [0.4, 0.5) is 0 Å². The van der Waals surface area contributed by atoms with E-state index in [1.807, 2.05) is 0 Å². The van der Waals surface area contributed by atoms with Crippen molar-refractivity contribution in [3.05, 3.63) is 58.8 Å². The van der Waals surface area contributed by atoms with Crippen molar-refractivity contribution in [3.8, 4) is 5.75 Å². The number of aliphatic hydroxyl groups excluding tert-OH is 10. The highest BCUT2D eigenvalue weighted by Crippen LogP contribution is 2.37. The van der Waals surface area contributed by atoms with E-state index in [1.54, 1.807) is 0 Å². The van der Waals surface area contributed by atoms with E-state index in [9.17, 15) is 70.9 Å². The molecule has 1 aliphatic carbocycles. The van der Waals surface area contributed by atoms with Crippen LogP contribution in [0.5, 0.6) is 5.75 Å². The number of hydrogen-bond donors (Lipinski definition) is 12. The molecule has 1 unspecified atom stereocenters. The number of carbonyl (C=O) groups is 2. The molecule has 1 aromatic carbocycles. The smallest absolute Gasteiger partial charge is 0.303 e. The maximum Gasteiger partial charge on any atom is 0.303 e. The maximum absolute atomic E-state index is 13.5. The number of aliphatic hydroxyl groups is 11. The summed E-state index contributed by atoms with van der Waals surface area (Å²) >= 11 is 0. The number of aromatic hydroxyl groups is 1. The topological polar surface area (TPSA) is 314 Å². The van der Waals surface area contributed by atoms with Gasteiger partial charge in [0.25, 0.3) is 5.78 Å². The van der Waals surface area contributed by atoms with E-state index >= 15 is 0 Å². The molecule has 12 N–H and O–H groups in total. The van der Waals surface area contributed by atoms with Gasteiger partial charge in [0.15, 0.2) is 12.0 Å². The van der Waals surface area contributed by atoms with Gasteiger partial charge in [-0.05, 0) is 23.8 Å². The van der Waals surface area contributed by atoms with Gasteiger partial charge in [0.2, 0.25) is 17.8 Å². The van der Waals surface area contributed by atoms with Crippen LogP contribution in [0.2, 0.25) is 0 Å². The zero-order chi connectivity index (χ0) is 33.4. The number of benzene rings is 1. The van der Waals surface area contributed by atoms with Gasteiger partial charge >= 0.3 is 5.79 Å². The van der Waals surface area contributed by atoms with E-state index in [1.165, 1.54) is 30.3 Å². The van der Waals surface area contributed by atoms with Gasteiger partial charge in [-0.3, -0.25) is 9.59 Å². The van der Waals surface area contributed by atoms with E-state index in [0.29, 0.717) is 5.56 Å². The van der Waals surface area contributed by atoms with Crippen molar-refractivity contribution in [1.29, 1.82) is 0 Å². The Bertz CT molecular complexity index is 1350. The molecule has 11 atom stereocenters. The Morgan fingerprint density at radius 2 is 1.29 bits per heavy atom. The number of carbonyl (C=O) groups excluding carboxylic acids is 2. The van der Waals surface area contributed by atoms with Crippen molar-refractivity contribution in [2.24, 2.45) is 0 Å². The number of phenols is 1. The Morgan fingerprint density at radius 3 is 1.82 bits per heavy atom. The van der Waals surface area contributed by atoms with E-state index in [4.69, 9.17) is 18.9 Å². The fourth-order valence-corrected chi connectivity index (χ4v) is 4.67. The molecular formula is C27H32O18. The maximum atomic E-state index is 13.5. The standard InChI is InChI=1S/C27H32O18/c28-7-12-15(32)18(35)20(37)25(42-12)44-22-17(34)14(11(31)6-3-9-1-4-10(30)5-2-9)23(39)27(41,24(22)40)45-26-21(38)19(36)16(33)13(8-29)43-26/h1-6,12-13,15-16,18-21,25-26,28-38,41H,7-8H2/b6-3+,14-11-/t12-,13-,15-,16-,18+,19+,20-,21-,25+,26+,27?/m1/s1. The predicted molar refractivity (Wildman–Crippen MR) is 141 cm³/mol. The molecular weight excluding hydrogens is 612 g/mol. The molecule has 2 fully saturated rings. The second-order valence-electron chi connectivity index (χ2n) is 10.3. The van der Waals surface area contributed by atoms with Gasteiger partial charge in [0, 0.05) is 0 Å². The van der Waals surface area contributed by atoms with Crippen molar-refractivity contribution in [1.82, 2.24) is 0 Å². The molecule has 0 spiro atoms. The third-order valence-electron chi connectivity index (χ3n) is 7.30. The molecule has 2 aliphatic heterocycles. The number of phenolic OH excluding ortho intramolecular Hbond substituents is 1. The first kappa shape index (κ1) is 34.4. The number of ether oxygens (including phenoxy) is 4. The number of Topliss-reactive ketones (excluding diaryl/α,β-unsaturated/α-hetero) is 2. The van der Waals surface area contributed by atoms with Crippen LogP contribution in [0.15, 0.2) is 53.2 Å². The molecule has 0 aromatic heterocycles. The monoisotopic (exact) mass is 644 g/mol. The normalized spacial score (nSPS) is 39.0. The Morgan fingerprint density at radius 1 is 0.778 bits per heavy atom. The van der Waals surface area contributed by atoms with Crippen LogP contribution in [0.1, 0.15) is 5.56 Å². The fourth-order valence-electron chi connectivity index (χ4n) is 4.67. The van der Waals surface area contributed by atoms with Crippen molar-refractivity contribution >= 4 is 17.6 Å². The van der Waals surface area contributed by atoms with Gasteiger partial charge in [0.05, 0.1) is 13.2 Å². The molecule has 2 saturated heterocycles. The lowest BCUT2D eigenvalue weighted by Crippen LogP contribution is -2.64. The summed E-state index contributed by atoms with van der Waals surface area (Å²) in [4.78, 5) is 27.0. The van der Waals surface area contributed by atoms with Gasteiger partial charge in [-0.2, -0.15) is 0 Å². The number of allylic oxidation sites excluding steroid dienone is 2. The predicted octanol–water partition coefficient (Wildman–Crippen LogP) is -4.54. The first-order chi connectivity index (χ1) is 21.2. The lowest BCUT2D eigenvalue weighted by atomic mass is 9.88. The average Bonchev–Trinajstić information content (AvgIpc) is 3.02. The van der Waals surface area contributed by atoms with Crippen LogP contribution in [0, 0.1) is 0 Å². The van der Waals surface area contributed by atoms with Gasteiger partial charge in [-0.15, -0.1) is 0 Å². The van der Waals surface area contributed by atoms with E-state index in [-0.39, 0.29) is 5.75 Å². The minimum absolute atomic E-state index is 0.0957. The lowest BCUT2D eigenvalue weighted by Gasteiger charge is -2.43. The zero-order valence-electron chi connectivity index (χ0n) is 23.0. The summed E-state index contributed by atoms with van der Waals surface area (Å²) in [5.74, 6) is -11.7. The third-order valence-corrected chi connectivity index (χ3v) is 7.30. The van der Waals surface area contributed by atoms with E-state index in [2.05, 4.69) is 0 Å². The van der Waals surface area contributed by atoms with Crippen molar-refractivity contribution in [3.63, 3.8) is 0 Å². The van der Waals surface area contributed by atoms with Crippen LogP contribution in [0.3, 0.4) is 0 Å². The van der Waals surface area contributed by atoms with Gasteiger partial charge in [-0.25, -0.2) is 0 Å². The van der Waals surface area contributed by atoms with E-state index in [0.717, 1.165) is 6.08 Å². The minimum Gasteiger partial charge on any atom is -0.508 e. The SMILES string of the molecule is O=C1C(O[C@@H]2O[C@H](CO)[C@@H](O)[C@H](O)[C@H]2O)=C(O)/C(=C(O)\C=C\c2ccc(O)cc2)C(=O)C1(O)O[C@@H]1O[C@H](CO)[C@@H](O)[C@H](O)[C@H]1O. The van der Waals surface area contributed by atoms with E-state index < -0.39 is 115 Å². The Labute approximate surface area is 252 Å². The highest BCUT2D eigenvalue weighted by Gasteiger charge is 2.60. The average molecular weight is 645 g/mol. The summed E-state index contributed by atoms with van der Waals surface area (Å²) in [5.41, 5.74) is -0.898. The Kier molecular flexibility index (Phi) is 10.3. The zero-order valence-corrected chi connectivity index (χ0v) is 23.0. The quantitative estimate of drug-likeness (QED) is 0.0548. The second-order valence-corrected chi connectivity index (χ2v) is 10.3. The summed E-state index contributed by atoms with van der Waals surface area (Å²) in [6.45, 7) is -1.90. The molecule has 0 saturated carbocycles. The van der Waals surface area contributed by atoms with Crippen molar-refractivity contribution in [2.75, 3.05) is 13.2 Å². The molecule has 45 heavy (non-hydrogen) atoms. The molecule has 2 heterocycles. The highest BCUT2D eigenvalue weighted by molar-refractivity contribution is 6.25. The third kappa shape index (κ3) is 6.45. The summed E-state index contributed by atoms with van der Waals surface area (Å²) in [5, 5.41) is 123. The van der Waals surface area contributed by atoms with Gasteiger partial charge in [-0.1, -0.05) is 18.2 Å². The molecule has 18 heteroatoms. The molecule has 18 nitrogen and oxygen atoms in total. The summed E-state index contributed by atoms with van der Waals surface area (Å²) in [7, 11) is 0. The molecule has 1 aromatic rings. The minimum atomic E-state index is -3.85. The lowest BCUT2D eigenvalue weighted by molar-refractivity contribution is -0.343. The molecule has 3 aliphatic rings. The van der Waals surface area contributed by atoms with Crippen molar-refractivity contribution in [2.45, 2.75) is 67.2 Å². The fraction of sp³-hybridized carbons (Fsp3) is 0.481. The number of ketones is 2.